The highest BCUT2D eigenvalue weighted by atomic mass is 19.2. The average Bonchev–Trinajstić information content (AvgIpc) is 2.71. The molecule has 0 spiro atoms. The smallest absolute Gasteiger partial charge is 0.260 e. The molecule has 0 aliphatic carbocycles. The van der Waals surface area contributed by atoms with Crippen molar-refractivity contribution in [1.82, 2.24) is 9.80 Å². The Bertz CT molecular complexity index is 879. The number of halogens is 3. The van der Waals surface area contributed by atoms with Crippen LogP contribution < -0.4 is 4.74 Å². The Kier molecular flexibility index (Phi) is 5.87. The minimum atomic E-state index is -1.67. The molecule has 0 radical (unpaired) electrons. The number of aryl methyl sites for hydroxylation is 1. The van der Waals surface area contributed by atoms with Gasteiger partial charge in [0.05, 0.1) is 5.56 Å². The summed E-state index contributed by atoms with van der Waals surface area (Å²) in [6.07, 6.45) is 0. The fourth-order valence-electron chi connectivity index (χ4n) is 2.89. The van der Waals surface area contributed by atoms with Gasteiger partial charge in [-0.2, -0.15) is 0 Å². The molecule has 0 N–H and O–H groups in total. The van der Waals surface area contributed by atoms with Gasteiger partial charge in [0, 0.05) is 26.2 Å². The van der Waals surface area contributed by atoms with Gasteiger partial charge >= 0.3 is 0 Å². The van der Waals surface area contributed by atoms with Gasteiger partial charge in [0.25, 0.3) is 11.8 Å². The Morgan fingerprint density at radius 3 is 2.14 bits per heavy atom. The highest BCUT2D eigenvalue weighted by Crippen LogP contribution is 2.18. The number of ether oxygens (including phenoxy) is 1. The first-order valence-corrected chi connectivity index (χ1v) is 8.77. The summed E-state index contributed by atoms with van der Waals surface area (Å²) >= 11 is 0. The molecule has 2 amide bonds. The van der Waals surface area contributed by atoms with Gasteiger partial charge in [0.2, 0.25) is 0 Å². The summed E-state index contributed by atoms with van der Waals surface area (Å²) in [7, 11) is 0. The molecule has 1 fully saturated rings. The maximum Gasteiger partial charge on any atom is 0.260 e. The van der Waals surface area contributed by atoms with Crippen LogP contribution in [0.5, 0.6) is 5.75 Å². The molecule has 2 aromatic carbocycles. The van der Waals surface area contributed by atoms with Crippen molar-refractivity contribution >= 4 is 11.8 Å². The van der Waals surface area contributed by atoms with Crippen molar-refractivity contribution in [2.24, 2.45) is 0 Å². The molecule has 8 heteroatoms. The van der Waals surface area contributed by atoms with E-state index in [1.165, 1.54) is 4.90 Å². The summed E-state index contributed by atoms with van der Waals surface area (Å²) in [5, 5.41) is 0. The summed E-state index contributed by atoms with van der Waals surface area (Å²) in [6.45, 7) is 2.62. The van der Waals surface area contributed by atoms with Gasteiger partial charge in [-0.05, 0) is 31.2 Å². The monoisotopic (exact) mass is 392 g/mol. The van der Waals surface area contributed by atoms with E-state index in [4.69, 9.17) is 4.74 Å². The van der Waals surface area contributed by atoms with Gasteiger partial charge in [-0.3, -0.25) is 9.59 Å². The Morgan fingerprint density at radius 2 is 1.50 bits per heavy atom. The topological polar surface area (TPSA) is 49.9 Å². The van der Waals surface area contributed by atoms with E-state index < -0.39 is 28.9 Å². The number of hydrogen-bond donors (Lipinski definition) is 0. The molecule has 2 aromatic rings. The van der Waals surface area contributed by atoms with Crippen molar-refractivity contribution in [2.75, 3.05) is 32.8 Å². The van der Waals surface area contributed by atoms with Crippen LogP contribution in [0.2, 0.25) is 0 Å². The third-order valence-electron chi connectivity index (χ3n) is 4.57. The van der Waals surface area contributed by atoms with Gasteiger partial charge in [0.15, 0.2) is 24.1 Å². The van der Waals surface area contributed by atoms with Crippen LogP contribution in [0, 0.1) is 24.4 Å². The van der Waals surface area contributed by atoms with Crippen molar-refractivity contribution in [3.8, 4) is 5.75 Å². The van der Waals surface area contributed by atoms with Crippen LogP contribution in [-0.4, -0.2) is 54.4 Å². The lowest BCUT2D eigenvalue weighted by molar-refractivity contribution is -0.134. The van der Waals surface area contributed by atoms with Gasteiger partial charge in [-0.1, -0.05) is 17.7 Å². The zero-order valence-electron chi connectivity index (χ0n) is 15.3. The molecule has 0 saturated carbocycles. The summed E-state index contributed by atoms with van der Waals surface area (Å²) in [5.41, 5.74) is 0.554. The second kappa shape index (κ2) is 8.33. The first kappa shape index (κ1) is 19.7. The molecule has 5 nitrogen and oxygen atoms in total. The van der Waals surface area contributed by atoms with Crippen LogP contribution in [0.25, 0.3) is 0 Å². The number of carbonyl (C=O) groups excluding carboxylic acids is 2. The SMILES string of the molecule is Cc1ccc(OCC(=O)N2CCN(C(=O)c3ccc(F)c(F)c3F)CC2)cc1. The third kappa shape index (κ3) is 4.27. The van der Waals surface area contributed by atoms with Crippen molar-refractivity contribution in [3.05, 3.63) is 65.0 Å². The standard InChI is InChI=1S/C20H19F3N2O3/c1-13-2-4-14(5-3-13)28-12-17(26)24-8-10-25(11-9-24)20(27)15-6-7-16(21)19(23)18(15)22/h2-7H,8-12H2,1H3. The van der Waals surface area contributed by atoms with E-state index in [0.29, 0.717) is 11.8 Å². The Morgan fingerprint density at radius 1 is 0.893 bits per heavy atom. The van der Waals surface area contributed by atoms with Crippen molar-refractivity contribution < 1.29 is 27.5 Å². The van der Waals surface area contributed by atoms with E-state index in [1.54, 1.807) is 17.0 Å². The molecular weight excluding hydrogens is 373 g/mol. The van der Waals surface area contributed by atoms with Crippen molar-refractivity contribution in [2.45, 2.75) is 6.92 Å². The molecule has 148 valence electrons. The number of benzene rings is 2. The molecule has 1 aliphatic heterocycles. The van der Waals surface area contributed by atoms with E-state index >= 15 is 0 Å². The van der Waals surface area contributed by atoms with Crippen LogP contribution in [0.3, 0.4) is 0 Å². The first-order chi connectivity index (χ1) is 13.4. The Hall–Kier alpha value is -3.03. The molecule has 1 aliphatic rings. The molecule has 1 heterocycles. The first-order valence-electron chi connectivity index (χ1n) is 8.77. The van der Waals surface area contributed by atoms with Gasteiger partial charge in [-0.25, -0.2) is 13.2 Å². The number of hydrogen-bond acceptors (Lipinski definition) is 3. The van der Waals surface area contributed by atoms with Gasteiger partial charge < -0.3 is 14.5 Å². The minimum Gasteiger partial charge on any atom is -0.484 e. The Balaban J connectivity index is 1.53. The highest BCUT2D eigenvalue weighted by molar-refractivity contribution is 5.94. The molecule has 0 unspecified atom stereocenters. The normalized spacial score (nSPS) is 14.1. The van der Waals surface area contributed by atoms with Crippen LogP contribution in [0.4, 0.5) is 13.2 Å². The predicted octanol–water partition coefficient (Wildman–Crippen LogP) is 2.78. The number of piperazine rings is 1. The van der Waals surface area contributed by atoms with Crippen LogP contribution in [0.15, 0.2) is 36.4 Å². The lowest BCUT2D eigenvalue weighted by Crippen LogP contribution is -2.51. The summed E-state index contributed by atoms with van der Waals surface area (Å²) in [5.74, 6) is -4.91. The Labute approximate surface area is 160 Å². The second-order valence-corrected chi connectivity index (χ2v) is 6.50. The van der Waals surface area contributed by atoms with Gasteiger partial charge in [0.1, 0.15) is 5.75 Å². The third-order valence-corrected chi connectivity index (χ3v) is 4.57. The zero-order valence-corrected chi connectivity index (χ0v) is 15.3. The zero-order chi connectivity index (χ0) is 20.3. The van der Waals surface area contributed by atoms with Crippen LogP contribution >= 0.6 is 0 Å². The van der Waals surface area contributed by atoms with Gasteiger partial charge in [-0.15, -0.1) is 0 Å². The minimum absolute atomic E-state index is 0.130. The summed E-state index contributed by atoms with van der Waals surface area (Å²) in [4.78, 5) is 27.5. The molecule has 0 atom stereocenters. The summed E-state index contributed by atoms with van der Waals surface area (Å²) < 4.78 is 45.6. The number of carbonyl (C=O) groups is 2. The van der Waals surface area contributed by atoms with E-state index in [0.717, 1.165) is 11.6 Å². The van der Waals surface area contributed by atoms with E-state index in [9.17, 15) is 22.8 Å². The molecule has 28 heavy (non-hydrogen) atoms. The molecule has 1 saturated heterocycles. The molecule has 0 aromatic heterocycles. The van der Waals surface area contributed by atoms with Crippen LogP contribution in [0.1, 0.15) is 15.9 Å². The van der Waals surface area contributed by atoms with Crippen molar-refractivity contribution in [3.63, 3.8) is 0 Å². The fourth-order valence-corrected chi connectivity index (χ4v) is 2.89. The van der Waals surface area contributed by atoms with E-state index in [2.05, 4.69) is 0 Å². The lowest BCUT2D eigenvalue weighted by Gasteiger charge is -2.34. The summed E-state index contributed by atoms with van der Waals surface area (Å²) in [6, 6.07) is 8.94. The molecule has 0 bridgehead atoms. The fraction of sp³-hybridized carbons (Fsp3) is 0.300. The van der Waals surface area contributed by atoms with Crippen LogP contribution in [-0.2, 0) is 4.79 Å². The maximum absolute atomic E-state index is 13.8. The largest absolute Gasteiger partial charge is 0.484 e. The maximum atomic E-state index is 13.8. The van der Waals surface area contributed by atoms with E-state index in [-0.39, 0.29) is 38.7 Å². The second-order valence-electron chi connectivity index (χ2n) is 6.50. The number of nitrogens with zero attached hydrogens (tertiary/aromatic N) is 2. The predicted molar refractivity (Wildman–Crippen MR) is 95.5 cm³/mol. The molecule has 3 rings (SSSR count). The number of rotatable bonds is 4. The quantitative estimate of drug-likeness (QED) is 0.752. The molecular formula is C20H19F3N2O3. The lowest BCUT2D eigenvalue weighted by atomic mass is 10.1. The number of amides is 2. The highest BCUT2D eigenvalue weighted by Gasteiger charge is 2.28. The van der Waals surface area contributed by atoms with Crippen molar-refractivity contribution in [1.29, 1.82) is 0 Å². The van der Waals surface area contributed by atoms with E-state index in [1.807, 2.05) is 19.1 Å². The average molecular weight is 392 g/mol.